The second kappa shape index (κ2) is 10.5. The molecule has 1 saturated heterocycles. The SMILES string of the molecule is COc1ccc(NC(=O)[C@@H]2Cc3cc(C(F)(F)F)ccc3N3CCN(CCc4ccccc4)C[C@H]23)cc1. The van der Waals surface area contributed by atoms with E-state index in [1.165, 1.54) is 11.6 Å². The van der Waals surface area contributed by atoms with Gasteiger partial charge < -0.3 is 15.0 Å². The molecule has 8 heteroatoms. The maximum atomic E-state index is 13.5. The Balaban J connectivity index is 1.39. The number of fused-ring (bicyclic) bond motifs is 3. The molecule has 0 aromatic heterocycles. The van der Waals surface area contributed by atoms with Gasteiger partial charge in [-0.15, -0.1) is 0 Å². The van der Waals surface area contributed by atoms with Crippen LogP contribution >= 0.6 is 0 Å². The van der Waals surface area contributed by atoms with Crippen molar-refractivity contribution >= 4 is 17.3 Å². The first kappa shape index (κ1) is 25.1. The van der Waals surface area contributed by atoms with Crippen LogP contribution in [-0.2, 0) is 23.8 Å². The maximum Gasteiger partial charge on any atom is 0.416 e. The number of amides is 1. The number of hydrogen-bond acceptors (Lipinski definition) is 4. The van der Waals surface area contributed by atoms with Gasteiger partial charge in [-0.3, -0.25) is 9.69 Å². The molecule has 0 saturated carbocycles. The number of nitrogens with zero attached hydrogens (tertiary/aromatic N) is 2. The third-order valence-electron chi connectivity index (χ3n) is 7.38. The van der Waals surface area contributed by atoms with Gasteiger partial charge in [-0.1, -0.05) is 30.3 Å². The van der Waals surface area contributed by atoms with Crippen molar-refractivity contribution in [3.63, 3.8) is 0 Å². The smallest absolute Gasteiger partial charge is 0.416 e. The lowest BCUT2D eigenvalue weighted by Crippen LogP contribution is -2.60. The summed E-state index contributed by atoms with van der Waals surface area (Å²) >= 11 is 0. The van der Waals surface area contributed by atoms with E-state index in [9.17, 15) is 18.0 Å². The van der Waals surface area contributed by atoms with Gasteiger partial charge in [0.25, 0.3) is 0 Å². The van der Waals surface area contributed by atoms with Crippen LogP contribution in [0.4, 0.5) is 24.5 Å². The van der Waals surface area contributed by atoms with E-state index in [2.05, 4.69) is 27.2 Å². The van der Waals surface area contributed by atoms with E-state index in [1.807, 2.05) is 18.2 Å². The average molecular weight is 510 g/mol. The summed E-state index contributed by atoms with van der Waals surface area (Å²) in [7, 11) is 1.57. The summed E-state index contributed by atoms with van der Waals surface area (Å²) in [5, 5.41) is 2.98. The van der Waals surface area contributed by atoms with Crippen molar-refractivity contribution in [2.24, 2.45) is 5.92 Å². The quantitative estimate of drug-likeness (QED) is 0.493. The van der Waals surface area contributed by atoms with E-state index < -0.39 is 17.7 Å². The molecule has 5 rings (SSSR count). The summed E-state index contributed by atoms with van der Waals surface area (Å²) < 4.78 is 45.6. The molecule has 0 aliphatic carbocycles. The van der Waals surface area contributed by atoms with Gasteiger partial charge in [-0.05, 0) is 66.4 Å². The normalized spacial score (nSPS) is 19.6. The predicted octanol–water partition coefficient (Wildman–Crippen LogP) is 5.26. The Morgan fingerprint density at radius 3 is 2.49 bits per heavy atom. The molecule has 194 valence electrons. The van der Waals surface area contributed by atoms with Crippen molar-refractivity contribution in [2.45, 2.75) is 25.1 Å². The van der Waals surface area contributed by atoms with E-state index in [4.69, 9.17) is 4.74 Å². The predicted molar refractivity (Wildman–Crippen MR) is 138 cm³/mol. The number of hydrogen-bond donors (Lipinski definition) is 1. The van der Waals surface area contributed by atoms with Crippen molar-refractivity contribution in [3.05, 3.63) is 89.5 Å². The molecular weight excluding hydrogens is 479 g/mol. The molecule has 1 N–H and O–H groups in total. The van der Waals surface area contributed by atoms with Crippen LogP contribution in [0.25, 0.3) is 0 Å². The molecule has 2 aliphatic rings. The molecule has 0 radical (unpaired) electrons. The van der Waals surface area contributed by atoms with Crippen LogP contribution in [0.1, 0.15) is 16.7 Å². The molecule has 2 heterocycles. The molecule has 0 spiro atoms. The fraction of sp³-hybridized carbons (Fsp3) is 0.345. The Hall–Kier alpha value is -3.52. The van der Waals surface area contributed by atoms with Crippen LogP contribution in [0.3, 0.4) is 0 Å². The van der Waals surface area contributed by atoms with Crippen molar-refractivity contribution in [3.8, 4) is 5.75 Å². The highest BCUT2D eigenvalue weighted by Gasteiger charge is 2.42. The number of ether oxygens (including phenoxy) is 1. The highest BCUT2D eigenvalue weighted by molar-refractivity contribution is 5.94. The lowest BCUT2D eigenvalue weighted by atomic mass is 9.82. The number of halogens is 3. The molecule has 3 aromatic carbocycles. The average Bonchev–Trinajstić information content (AvgIpc) is 2.91. The number of piperazine rings is 1. The zero-order chi connectivity index (χ0) is 26.0. The van der Waals surface area contributed by atoms with Gasteiger partial charge in [0.15, 0.2) is 0 Å². The Labute approximate surface area is 214 Å². The van der Waals surface area contributed by atoms with Crippen LogP contribution in [0.15, 0.2) is 72.8 Å². The first-order valence-corrected chi connectivity index (χ1v) is 12.5. The molecule has 3 aromatic rings. The second-order valence-electron chi connectivity index (χ2n) is 9.67. The molecule has 0 unspecified atom stereocenters. The zero-order valence-electron chi connectivity index (χ0n) is 20.7. The fourth-order valence-electron chi connectivity index (χ4n) is 5.40. The number of nitrogens with one attached hydrogen (secondary N) is 1. The summed E-state index contributed by atoms with van der Waals surface area (Å²) in [4.78, 5) is 18.0. The third kappa shape index (κ3) is 5.59. The van der Waals surface area contributed by atoms with Crippen LogP contribution in [0.2, 0.25) is 0 Å². The minimum atomic E-state index is -4.43. The Morgan fingerprint density at radius 1 is 1.03 bits per heavy atom. The number of anilines is 2. The maximum absolute atomic E-state index is 13.5. The standard InChI is InChI=1S/C29H30F3N3O2/c1-37-24-10-8-23(9-11-24)33-28(36)25-18-21-17-22(29(30,31)32)7-12-26(21)35-16-15-34(19-27(25)35)14-13-20-5-3-2-4-6-20/h2-12,17,25,27H,13-16,18-19H2,1H3,(H,33,36)/t25-,27-/m1/s1. The van der Waals surface area contributed by atoms with Crippen molar-refractivity contribution in [1.82, 2.24) is 4.90 Å². The monoisotopic (exact) mass is 509 g/mol. The van der Waals surface area contributed by atoms with Gasteiger partial charge in [0.05, 0.1) is 24.6 Å². The Morgan fingerprint density at radius 2 is 1.78 bits per heavy atom. The highest BCUT2D eigenvalue weighted by Crippen LogP contribution is 2.40. The molecule has 37 heavy (non-hydrogen) atoms. The van der Waals surface area contributed by atoms with Gasteiger partial charge in [0.2, 0.25) is 5.91 Å². The lowest BCUT2D eigenvalue weighted by molar-refractivity contribution is -0.137. The fourth-order valence-corrected chi connectivity index (χ4v) is 5.40. The van der Waals surface area contributed by atoms with Gasteiger partial charge in [-0.2, -0.15) is 13.2 Å². The Kier molecular flexibility index (Phi) is 7.11. The van der Waals surface area contributed by atoms with E-state index in [-0.39, 0.29) is 18.4 Å². The van der Waals surface area contributed by atoms with Crippen LogP contribution in [-0.4, -0.2) is 50.1 Å². The molecule has 0 bridgehead atoms. The molecule has 2 atom stereocenters. The van der Waals surface area contributed by atoms with Crippen molar-refractivity contribution in [1.29, 1.82) is 0 Å². The second-order valence-corrected chi connectivity index (χ2v) is 9.67. The van der Waals surface area contributed by atoms with Gasteiger partial charge in [0, 0.05) is 37.6 Å². The minimum Gasteiger partial charge on any atom is -0.497 e. The topological polar surface area (TPSA) is 44.8 Å². The highest BCUT2D eigenvalue weighted by atomic mass is 19.4. The minimum absolute atomic E-state index is 0.132. The first-order chi connectivity index (χ1) is 17.8. The van der Waals surface area contributed by atoms with Crippen molar-refractivity contribution < 1.29 is 22.7 Å². The number of alkyl halides is 3. The van der Waals surface area contributed by atoms with E-state index in [0.29, 0.717) is 30.1 Å². The third-order valence-corrected chi connectivity index (χ3v) is 7.38. The van der Waals surface area contributed by atoms with Crippen LogP contribution in [0, 0.1) is 5.92 Å². The molecule has 5 nitrogen and oxygen atoms in total. The summed E-state index contributed by atoms with van der Waals surface area (Å²) in [6.07, 6.45) is -3.26. The zero-order valence-corrected chi connectivity index (χ0v) is 20.7. The molecular formula is C29H30F3N3O2. The van der Waals surface area contributed by atoms with Crippen LogP contribution in [0.5, 0.6) is 5.75 Å². The number of benzene rings is 3. The summed E-state index contributed by atoms with van der Waals surface area (Å²) in [6, 6.07) is 21.1. The number of carbonyl (C=O) groups is 1. The molecule has 1 amide bonds. The number of methoxy groups -OCH3 is 1. The number of carbonyl (C=O) groups excluding carboxylic acids is 1. The van der Waals surface area contributed by atoms with Crippen LogP contribution < -0.4 is 15.0 Å². The molecule has 1 fully saturated rings. The summed E-state index contributed by atoms with van der Waals surface area (Å²) in [6.45, 7) is 2.98. The number of rotatable bonds is 6. The summed E-state index contributed by atoms with van der Waals surface area (Å²) in [5.74, 6) is 0.00235. The lowest BCUT2D eigenvalue weighted by Gasteiger charge is -2.49. The Bertz CT molecular complexity index is 1230. The van der Waals surface area contributed by atoms with Gasteiger partial charge >= 0.3 is 6.18 Å². The van der Waals surface area contributed by atoms with Crippen molar-refractivity contribution in [2.75, 3.05) is 43.5 Å². The summed E-state index contributed by atoms with van der Waals surface area (Å²) in [5.41, 5.74) is 2.57. The van der Waals surface area contributed by atoms with Gasteiger partial charge in [-0.25, -0.2) is 0 Å². The van der Waals surface area contributed by atoms with Gasteiger partial charge in [0.1, 0.15) is 5.75 Å². The van der Waals surface area contributed by atoms with E-state index >= 15 is 0 Å². The van der Waals surface area contributed by atoms with E-state index in [0.717, 1.165) is 31.3 Å². The largest absolute Gasteiger partial charge is 0.497 e. The van der Waals surface area contributed by atoms with E-state index in [1.54, 1.807) is 37.4 Å². The molecule has 2 aliphatic heterocycles. The first-order valence-electron chi connectivity index (χ1n) is 12.5.